The summed E-state index contributed by atoms with van der Waals surface area (Å²) in [5.74, 6) is -0.209. The molecule has 0 unspecified atom stereocenters. The van der Waals surface area contributed by atoms with Gasteiger partial charge in [0.2, 0.25) is 5.78 Å². The van der Waals surface area contributed by atoms with Gasteiger partial charge in [-0.2, -0.15) is 0 Å². The van der Waals surface area contributed by atoms with Gasteiger partial charge in [-0.25, -0.2) is 0 Å². The Morgan fingerprint density at radius 1 is 0.773 bits per heavy atom. The Morgan fingerprint density at radius 2 is 1.45 bits per heavy atom. The number of carbonyl (C=O) groups excluding carboxylic acids is 2. The first-order chi connectivity index (χ1) is 10.8. The topological polar surface area (TPSA) is 39.1 Å². The number of hydrogen-bond acceptors (Lipinski definition) is 2. The third-order valence-electron chi connectivity index (χ3n) is 4.02. The van der Waals surface area contributed by atoms with Crippen LogP contribution in [0.15, 0.2) is 66.7 Å². The van der Waals surface area contributed by atoms with Gasteiger partial charge < -0.3 is 4.57 Å². The lowest BCUT2D eigenvalue weighted by molar-refractivity contribution is 0.0990. The van der Waals surface area contributed by atoms with Gasteiger partial charge in [-0.1, -0.05) is 48.5 Å². The fourth-order valence-corrected chi connectivity index (χ4v) is 3.05. The van der Waals surface area contributed by atoms with Gasteiger partial charge in [0.05, 0.1) is 5.56 Å². The summed E-state index contributed by atoms with van der Waals surface area (Å²) in [6, 6.07) is 17.6. The molecular weight excluding hydrogens is 274 g/mol. The number of benzene rings is 2. The zero-order valence-electron chi connectivity index (χ0n) is 11.8. The summed E-state index contributed by atoms with van der Waals surface area (Å²) < 4.78 is 1.95. The maximum Gasteiger partial charge on any atom is 0.203 e. The predicted octanol–water partition coefficient (Wildman–Crippen LogP) is 3.62. The van der Waals surface area contributed by atoms with Gasteiger partial charge in [0.25, 0.3) is 0 Å². The van der Waals surface area contributed by atoms with Gasteiger partial charge in [0, 0.05) is 17.4 Å². The van der Waals surface area contributed by atoms with E-state index in [1.165, 1.54) is 12.2 Å². The van der Waals surface area contributed by atoms with Gasteiger partial charge in [-0.05, 0) is 23.8 Å². The smallest absolute Gasteiger partial charge is 0.203 e. The highest BCUT2D eigenvalue weighted by Crippen LogP contribution is 2.30. The van der Waals surface area contributed by atoms with E-state index in [2.05, 4.69) is 0 Å². The molecule has 2 aromatic carbocycles. The highest BCUT2D eigenvalue weighted by molar-refractivity contribution is 6.27. The molecule has 0 N–H and O–H groups in total. The van der Waals surface area contributed by atoms with E-state index in [1.54, 1.807) is 0 Å². The number of allylic oxidation sites excluding steroid dienone is 2. The van der Waals surface area contributed by atoms with Gasteiger partial charge in [0.15, 0.2) is 5.78 Å². The van der Waals surface area contributed by atoms with Gasteiger partial charge >= 0.3 is 0 Å². The Hall–Kier alpha value is -2.94. The summed E-state index contributed by atoms with van der Waals surface area (Å²) in [6.45, 7) is 0.573. The van der Waals surface area contributed by atoms with Gasteiger partial charge in [-0.3, -0.25) is 9.59 Å². The fraction of sp³-hybridized carbons (Fsp3) is 0.0526. The molecule has 0 atom stereocenters. The van der Waals surface area contributed by atoms with Crippen molar-refractivity contribution in [1.82, 2.24) is 4.57 Å². The largest absolute Gasteiger partial charge is 0.333 e. The number of ketones is 2. The van der Waals surface area contributed by atoms with Crippen LogP contribution in [0, 0.1) is 0 Å². The lowest BCUT2D eigenvalue weighted by Crippen LogP contribution is -2.15. The molecule has 0 aliphatic heterocycles. The van der Waals surface area contributed by atoms with Crippen LogP contribution in [0.5, 0.6) is 0 Å². The molecule has 0 saturated heterocycles. The summed E-state index contributed by atoms with van der Waals surface area (Å²) in [5, 5.41) is 0.844. The summed E-state index contributed by atoms with van der Waals surface area (Å²) in [5.41, 5.74) is 3.04. The maximum absolute atomic E-state index is 12.4. The van der Waals surface area contributed by atoms with Crippen LogP contribution in [0.3, 0.4) is 0 Å². The molecule has 1 aliphatic rings. The van der Waals surface area contributed by atoms with E-state index in [1.807, 2.05) is 59.2 Å². The molecule has 3 heteroatoms. The fourth-order valence-electron chi connectivity index (χ4n) is 3.05. The third kappa shape index (κ3) is 1.83. The first kappa shape index (κ1) is 12.8. The minimum atomic E-state index is -0.110. The van der Waals surface area contributed by atoms with E-state index in [9.17, 15) is 9.59 Å². The summed E-state index contributed by atoms with van der Waals surface area (Å²) in [6.07, 6.45) is 2.73. The van der Waals surface area contributed by atoms with E-state index < -0.39 is 0 Å². The molecule has 0 amide bonds. The Bertz CT molecular complexity index is 933. The monoisotopic (exact) mass is 287 g/mol. The molecule has 1 aliphatic carbocycles. The van der Waals surface area contributed by atoms with Crippen molar-refractivity contribution in [1.29, 1.82) is 0 Å². The zero-order chi connectivity index (χ0) is 15.1. The van der Waals surface area contributed by atoms with Gasteiger partial charge in [-0.15, -0.1) is 0 Å². The molecule has 0 saturated carbocycles. The molecule has 106 valence electrons. The van der Waals surface area contributed by atoms with Crippen molar-refractivity contribution >= 4 is 22.5 Å². The Kier molecular flexibility index (Phi) is 2.79. The van der Waals surface area contributed by atoms with E-state index in [0.717, 1.165) is 16.5 Å². The van der Waals surface area contributed by atoms with Crippen molar-refractivity contribution in [3.05, 3.63) is 83.6 Å². The number of aromatic nitrogens is 1. The lowest BCUT2D eigenvalue weighted by Gasteiger charge is -2.11. The number of para-hydroxylation sites is 1. The van der Waals surface area contributed by atoms with Crippen molar-refractivity contribution in [2.45, 2.75) is 6.54 Å². The third-order valence-corrected chi connectivity index (χ3v) is 4.02. The molecule has 4 rings (SSSR count). The average molecular weight is 287 g/mol. The van der Waals surface area contributed by atoms with Crippen molar-refractivity contribution in [2.75, 3.05) is 0 Å². The second-order valence-electron chi connectivity index (χ2n) is 5.37. The standard InChI is InChI=1S/C19H13NO2/c21-16-10-11-17(22)19-18(16)14-8-4-5-9-15(14)20(19)12-13-6-2-1-3-7-13/h1-11H,12H2. The normalized spacial score (nSPS) is 13.6. The highest BCUT2D eigenvalue weighted by atomic mass is 16.1. The Balaban J connectivity index is 2.01. The maximum atomic E-state index is 12.4. The van der Waals surface area contributed by atoms with Crippen molar-refractivity contribution in [3.8, 4) is 0 Å². The predicted molar refractivity (Wildman–Crippen MR) is 85.3 cm³/mol. The van der Waals surface area contributed by atoms with Crippen LogP contribution in [-0.2, 0) is 6.54 Å². The van der Waals surface area contributed by atoms with Gasteiger partial charge in [0.1, 0.15) is 5.69 Å². The lowest BCUT2D eigenvalue weighted by atomic mass is 9.99. The van der Waals surface area contributed by atoms with E-state index in [4.69, 9.17) is 0 Å². The molecule has 0 bridgehead atoms. The van der Waals surface area contributed by atoms with Crippen molar-refractivity contribution in [2.24, 2.45) is 0 Å². The molecule has 1 heterocycles. The van der Waals surface area contributed by atoms with E-state index in [-0.39, 0.29) is 11.6 Å². The zero-order valence-corrected chi connectivity index (χ0v) is 11.8. The molecule has 0 radical (unpaired) electrons. The minimum Gasteiger partial charge on any atom is -0.333 e. The first-order valence-corrected chi connectivity index (χ1v) is 7.17. The summed E-state index contributed by atoms with van der Waals surface area (Å²) >= 11 is 0. The second kappa shape index (κ2) is 4.81. The van der Waals surface area contributed by atoms with Crippen molar-refractivity contribution in [3.63, 3.8) is 0 Å². The summed E-state index contributed by atoms with van der Waals surface area (Å²) in [4.78, 5) is 24.6. The average Bonchev–Trinajstić information content (AvgIpc) is 2.88. The Morgan fingerprint density at radius 3 is 2.27 bits per heavy atom. The molecule has 3 aromatic rings. The molecule has 1 aromatic heterocycles. The number of nitrogens with zero attached hydrogens (tertiary/aromatic N) is 1. The highest BCUT2D eigenvalue weighted by Gasteiger charge is 2.27. The minimum absolute atomic E-state index is 0.0994. The molecule has 3 nitrogen and oxygen atoms in total. The second-order valence-corrected chi connectivity index (χ2v) is 5.37. The molecule has 0 fully saturated rings. The van der Waals surface area contributed by atoms with E-state index >= 15 is 0 Å². The SMILES string of the molecule is O=C1C=CC(=O)c2c1c1ccccc1n2Cc1ccccc1. The Labute approximate surface area is 127 Å². The summed E-state index contributed by atoms with van der Waals surface area (Å²) in [7, 11) is 0. The van der Waals surface area contributed by atoms with E-state index in [0.29, 0.717) is 17.8 Å². The molecular formula is C19H13NO2. The number of fused-ring (bicyclic) bond motifs is 3. The molecule has 22 heavy (non-hydrogen) atoms. The van der Waals surface area contributed by atoms with Crippen molar-refractivity contribution < 1.29 is 9.59 Å². The van der Waals surface area contributed by atoms with Crippen LogP contribution >= 0.6 is 0 Å². The van der Waals surface area contributed by atoms with Crippen LogP contribution in [0.4, 0.5) is 0 Å². The number of hydrogen-bond donors (Lipinski definition) is 0. The van der Waals surface area contributed by atoms with Crippen LogP contribution in [0.1, 0.15) is 26.4 Å². The van der Waals surface area contributed by atoms with Crippen LogP contribution < -0.4 is 0 Å². The van der Waals surface area contributed by atoms with Crippen LogP contribution in [0.25, 0.3) is 10.9 Å². The molecule has 0 spiro atoms. The van der Waals surface area contributed by atoms with Crippen LogP contribution in [0.2, 0.25) is 0 Å². The number of rotatable bonds is 2. The first-order valence-electron chi connectivity index (χ1n) is 7.17. The van der Waals surface area contributed by atoms with Crippen LogP contribution in [-0.4, -0.2) is 16.1 Å². The number of carbonyl (C=O) groups is 2. The quantitative estimate of drug-likeness (QED) is 0.722.